The molecular weight excluding hydrogens is 312 g/mol. The van der Waals surface area contributed by atoms with Gasteiger partial charge in [-0.3, -0.25) is 14.8 Å². The zero-order chi connectivity index (χ0) is 17.8. The highest BCUT2D eigenvalue weighted by atomic mass is 16.1. The van der Waals surface area contributed by atoms with Gasteiger partial charge in [0.05, 0.1) is 5.52 Å². The van der Waals surface area contributed by atoms with Gasteiger partial charge in [-0.1, -0.05) is 25.1 Å². The number of amides is 1. The summed E-state index contributed by atoms with van der Waals surface area (Å²) in [5, 5.41) is 1.20. The minimum atomic E-state index is -0.229. The van der Waals surface area contributed by atoms with Crippen LogP contribution in [-0.2, 0) is 4.79 Å². The van der Waals surface area contributed by atoms with E-state index in [1.165, 1.54) is 10.9 Å². The number of hydrogen-bond acceptors (Lipinski definition) is 4. The Labute approximate surface area is 148 Å². The van der Waals surface area contributed by atoms with E-state index in [4.69, 9.17) is 5.73 Å². The highest BCUT2D eigenvalue weighted by Gasteiger charge is 2.27. The number of carbonyl (C=O) groups is 1. The molecule has 2 atom stereocenters. The highest BCUT2D eigenvalue weighted by molar-refractivity contribution is 5.98. The van der Waals surface area contributed by atoms with Gasteiger partial charge in [0.25, 0.3) is 0 Å². The molecule has 5 heteroatoms. The van der Waals surface area contributed by atoms with E-state index < -0.39 is 0 Å². The summed E-state index contributed by atoms with van der Waals surface area (Å²) in [5.74, 6) is 0.804. The summed E-state index contributed by atoms with van der Waals surface area (Å²) in [6, 6.07) is 8.48. The summed E-state index contributed by atoms with van der Waals surface area (Å²) < 4.78 is 0. The first-order valence-electron chi connectivity index (χ1n) is 8.89. The molecular formula is C20H26N4O. The normalized spacial score (nSPS) is 21.8. The van der Waals surface area contributed by atoms with Crippen LogP contribution in [0.25, 0.3) is 10.9 Å². The third kappa shape index (κ3) is 4.04. The van der Waals surface area contributed by atoms with Gasteiger partial charge >= 0.3 is 0 Å². The zero-order valence-corrected chi connectivity index (χ0v) is 15.0. The second-order valence-electron chi connectivity index (χ2n) is 7.04. The number of hydrogen-bond donors (Lipinski definition) is 1. The maximum absolute atomic E-state index is 11.1. The average Bonchev–Trinajstić information content (AvgIpc) is 2.60. The van der Waals surface area contributed by atoms with Crippen LogP contribution in [0.2, 0.25) is 0 Å². The molecule has 0 aliphatic carbocycles. The lowest BCUT2D eigenvalue weighted by Crippen LogP contribution is -2.40. The van der Waals surface area contributed by atoms with Gasteiger partial charge in [0.1, 0.15) is 0 Å². The minimum Gasteiger partial charge on any atom is -0.370 e. The number of aromatic nitrogens is 1. The van der Waals surface area contributed by atoms with Gasteiger partial charge < -0.3 is 10.6 Å². The van der Waals surface area contributed by atoms with Crippen LogP contribution in [-0.4, -0.2) is 48.7 Å². The maximum Gasteiger partial charge on any atom is 0.218 e. The number of likely N-dealkylation sites (tertiary alicyclic amines) is 1. The van der Waals surface area contributed by atoms with Crippen LogP contribution in [0, 0.1) is 5.92 Å². The van der Waals surface area contributed by atoms with Crippen molar-refractivity contribution >= 4 is 23.0 Å². The molecule has 25 heavy (non-hydrogen) atoms. The van der Waals surface area contributed by atoms with Crippen molar-refractivity contribution in [2.24, 2.45) is 16.6 Å². The molecule has 1 aliphatic heterocycles. The summed E-state index contributed by atoms with van der Waals surface area (Å²) >= 11 is 0. The lowest BCUT2D eigenvalue weighted by Gasteiger charge is -2.37. The molecule has 3 rings (SSSR count). The van der Waals surface area contributed by atoms with Crippen molar-refractivity contribution in [2.75, 3.05) is 26.7 Å². The molecule has 2 unspecified atom stereocenters. The van der Waals surface area contributed by atoms with Crippen LogP contribution in [0.4, 0.5) is 0 Å². The van der Waals surface area contributed by atoms with Crippen molar-refractivity contribution in [3.05, 3.63) is 41.6 Å². The van der Waals surface area contributed by atoms with E-state index in [9.17, 15) is 4.79 Å². The second kappa shape index (κ2) is 7.74. The molecule has 0 bridgehead atoms. The first kappa shape index (κ1) is 17.5. The molecule has 1 aromatic carbocycles. The predicted molar refractivity (Wildman–Crippen MR) is 102 cm³/mol. The topological polar surface area (TPSA) is 71.6 Å². The zero-order valence-electron chi connectivity index (χ0n) is 15.0. The lowest BCUT2D eigenvalue weighted by molar-refractivity contribution is -0.118. The standard InChI is InChI=1S/C20H26N4O/c1-14-10-16(13-24(12-14)9-7-19(21)25)17-6-5-15(11-22-2)20-18(17)4-3-8-23-20/h3-6,8,11,14,16H,7,9-10,12-13H2,1-2H3,(H2,21,25)/b22-11-. The van der Waals surface area contributed by atoms with E-state index in [0.717, 1.165) is 37.1 Å². The SMILES string of the molecule is C/N=C\c1ccc(C2CC(C)CN(CCC(N)=O)C2)c2cccnc12. The van der Waals surface area contributed by atoms with Crippen LogP contribution < -0.4 is 5.73 Å². The quantitative estimate of drug-likeness (QED) is 0.852. The van der Waals surface area contributed by atoms with E-state index in [1.807, 2.05) is 18.5 Å². The monoisotopic (exact) mass is 338 g/mol. The van der Waals surface area contributed by atoms with Gasteiger partial charge in [0, 0.05) is 56.5 Å². The van der Waals surface area contributed by atoms with Gasteiger partial charge in [-0.15, -0.1) is 0 Å². The van der Waals surface area contributed by atoms with E-state index in [1.54, 1.807) is 7.05 Å². The van der Waals surface area contributed by atoms with Crippen molar-refractivity contribution in [3.8, 4) is 0 Å². The predicted octanol–water partition coefficient (Wildman–Crippen LogP) is 2.58. The van der Waals surface area contributed by atoms with Gasteiger partial charge in [0.2, 0.25) is 5.91 Å². The Morgan fingerprint density at radius 2 is 2.24 bits per heavy atom. The molecule has 1 aliphatic rings. The van der Waals surface area contributed by atoms with Gasteiger partial charge in [0.15, 0.2) is 0 Å². The Morgan fingerprint density at radius 1 is 1.40 bits per heavy atom. The number of rotatable bonds is 5. The molecule has 1 aromatic heterocycles. The Kier molecular flexibility index (Phi) is 5.43. The summed E-state index contributed by atoms with van der Waals surface area (Å²) in [6.07, 6.45) is 5.27. The smallest absolute Gasteiger partial charge is 0.218 e. The van der Waals surface area contributed by atoms with Crippen molar-refractivity contribution in [1.82, 2.24) is 9.88 Å². The van der Waals surface area contributed by atoms with E-state index in [0.29, 0.717) is 18.3 Å². The summed E-state index contributed by atoms with van der Waals surface area (Å²) in [7, 11) is 1.78. The third-order valence-corrected chi connectivity index (χ3v) is 4.95. The highest BCUT2D eigenvalue weighted by Crippen LogP contribution is 2.34. The van der Waals surface area contributed by atoms with Crippen molar-refractivity contribution < 1.29 is 4.79 Å². The van der Waals surface area contributed by atoms with E-state index in [2.05, 4.69) is 40.0 Å². The number of nitrogens with zero attached hydrogens (tertiary/aromatic N) is 3. The molecule has 1 amide bonds. The lowest BCUT2D eigenvalue weighted by atomic mass is 9.83. The Hall–Kier alpha value is -2.27. The average molecular weight is 338 g/mol. The summed E-state index contributed by atoms with van der Waals surface area (Å²) in [6.45, 7) is 5.01. The summed E-state index contributed by atoms with van der Waals surface area (Å²) in [4.78, 5) is 22.2. The molecule has 2 N–H and O–H groups in total. The third-order valence-electron chi connectivity index (χ3n) is 4.95. The molecule has 5 nitrogen and oxygen atoms in total. The van der Waals surface area contributed by atoms with E-state index in [-0.39, 0.29) is 5.91 Å². The van der Waals surface area contributed by atoms with Crippen LogP contribution in [0.15, 0.2) is 35.5 Å². The fourth-order valence-corrected chi connectivity index (χ4v) is 3.95. The van der Waals surface area contributed by atoms with Crippen LogP contribution in [0.1, 0.15) is 36.8 Å². The molecule has 132 valence electrons. The minimum absolute atomic E-state index is 0.229. The van der Waals surface area contributed by atoms with Crippen LogP contribution in [0.3, 0.4) is 0 Å². The Bertz CT molecular complexity index is 786. The molecule has 0 radical (unpaired) electrons. The summed E-state index contributed by atoms with van der Waals surface area (Å²) in [5.41, 5.74) is 8.72. The molecule has 1 fully saturated rings. The van der Waals surface area contributed by atoms with Crippen LogP contribution in [0.5, 0.6) is 0 Å². The molecule has 2 aromatic rings. The number of benzene rings is 1. The van der Waals surface area contributed by atoms with Crippen LogP contribution >= 0.6 is 0 Å². The molecule has 0 saturated carbocycles. The Morgan fingerprint density at radius 3 is 3.00 bits per heavy atom. The molecule has 1 saturated heterocycles. The first-order valence-corrected chi connectivity index (χ1v) is 8.89. The van der Waals surface area contributed by atoms with E-state index >= 15 is 0 Å². The number of primary amides is 1. The second-order valence-corrected chi connectivity index (χ2v) is 7.04. The molecule has 0 spiro atoms. The number of aliphatic imine (C=N–C) groups is 1. The number of nitrogens with two attached hydrogens (primary N) is 1. The number of pyridine rings is 1. The largest absolute Gasteiger partial charge is 0.370 e. The number of piperidine rings is 1. The Balaban J connectivity index is 1.92. The fraction of sp³-hybridized carbons (Fsp3) is 0.450. The van der Waals surface area contributed by atoms with Gasteiger partial charge in [-0.2, -0.15) is 0 Å². The molecule has 2 heterocycles. The number of fused-ring (bicyclic) bond motifs is 1. The van der Waals surface area contributed by atoms with Crippen molar-refractivity contribution in [2.45, 2.75) is 25.7 Å². The van der Waals surface area contributed by atoms with Gasteiger partial charge in [-0.25, -0.2) is 0 Å². The van der Waals surface area contributed by atoms with Crippen molar-refractivity contribution in [1.29, 1.82) is 0 Å². The van der Waals surface area contributed by atoms with Crippen molar-refractivity contribution in [3.63, 3.8) is 0 Å². The first-order chi connectivity index (χ1) is 12.1. The maximum atomic E-state index is 11.1. The van der Waals surface area contributed by atoms with Gasteiger partial charge in [-0.05, 0) is 29.9 Å². The number of carbonyl (C=O) groups excluding carboxylic acids is 1. The fourth-order valence-electron chi connectivity index (χ4n) is 3.95.